The number of nitrogen functional groups attached to an aromatic ring is 1. The standard InChI is InChI=1S/C22H29N/c1-4-5-16-12-19-15(13-21(16)23)7-8-18-17(19)10-11-22(3)14(2)6-9-20(18)22/h12-14,17-18,20H,6-11,23H2,1-3H3. The highest BCUT2D eigenvalue weighted by molar-refractivity contribution is 5.60. The molecule has 0 aliphatic heterocycles. The second kappa shape index (κ2) is 5.30. The van der Waals surface area contributed by atoms with Crippen LogP contribution in [0.3, 0.4) is 0 Å². The topological polar surface area (TPSA) is 26.0 Å². The molecule has 0 saturated heterocycles. The summed E-state index contributed by atoms with van der Waals surface area (Å²) in [6, 6.07) is 4.55. The minimum atomic E-state index is 0.596. The van der Waals surface area contributed by atoms with Gasteiger partial charge in [-0.25, -0.2) is 0 Å². The van der Waals surface area contributed by atoms with E-state index in [1.54, 1.807) is 5.56 Å². The van der Waals surface area contributed by atoms with Gasteiger partial charge in [-0.05, 0) is 97.8 Å². The number of benzene rings is 1. The summed E-state index contributed by atoms with van der Waals surface area (Å²) in [5.74, 6) is 9.70. The summed E-state index contributed by atoms with van der Waals surface area (Å²) in [4.78, 5) is 0. The first-order chi connectivity index (χ1) is 11.0. The van der Waals surface area contributed by atoms with Crippen LogP contribution in [-0.2, 0) is 6.42 Å². The molecule has 0 heterocycles. The number of hydrogen-bond donors (Lipinski definition) is 1. The van der Waals surface area contributed by atoms with Gasteiger partial charge >= 0.3 is 0 Å². The molecule has 122 valence electrons. The molecular formula is C22H29N. The summed E-state index contributed by atoms with van der Waals surface area (Å²) in [7, 11) is 0. The van der Waals surface area contributed by atoms with Gasteiger partial charge in [0.05, 0.1) is 0 Å². The Kier molecular flexibility index (Phi) is 3.49. The lowest BCUT2D eigenvalue weighted by Crippen LogP contribution is -2.41. The fraction of sp³-hybridized carbons (Fsp3) is 0.636. The van der Waals surface area contributed by atoms with Crippen LogP contribution in [0.15, 0.2) is 12.1 Å². The lowest BCUT2D eigenvalue weighted by Gasteiger charge is -2.50. The van der Waals surface area contributed by atoms with Crippen LogP contribution in [0.4, 0.5) is 5.69 Å². The van der Waals surface area contributed by atoms with Crippen molar-refractivity contribution in [1.82, 2.24) is 0 Å². The fourth-order valence-electron chi connectivity index (χ4n) is 6.15. The number of anilines is 1. The van der Waals surface area contributed by atoms with Crippen LogP contribution in [0.25, 0.3) is 0 Å². The molecule has 1 aromatic rings. The van der Waals surface area contributed by atoms with E-state index >= 15 is 0 Å². The SMILES string of the molecule is CC#Cc1cc2c(cc1N)CCC1C2CCC2(C)C(C)CCC12. The van der Waals surface area contributed by atoms with Gasteiger partial charge in [0.1, 0.15) is 0 Å². The second-order valence-corrected chi connectivity index (χ2v) is 8.45. The van der Waals surface area contributed by atoms with Crippen molar-refractivity contribution < 1.29 is 0 Å². The van der Waals surface area contributed by atoms with Gasteiger partial charge in [0.25, 0.3) is 0 Å². The maximum atomic E-state index is 6.22. The lowest BCUT2D eigenvalue weighted by molar-refractivity contribution is 0.0337. The van der Waals surface area contributed by atoms with E-state index in [1.165, 1.54) is 44.1 Å². The molecule has 0 aromatic heterocycles. The first-order valence-electron chi connectivity index (χ1n) is 9.39. The Balaban J connectivity index is 1.74. The van der Waals surface area contributed by atoms with Gasteiger partial charge in [-0.3, -0.25) is 0 Å². The van der Waals surface area contributed by atoms with Crippen LogP contribution in [0.1, 0.15) is 75.5 Å². The number of aryl methyl sites for hydroxylation is 1. The molecular weight excluding hydrogens is 278 g/mol. The number of hydrogen-bond acceptors (Lipinski definition) is 1. The predicted molar refractivity (Wildman–Crippen MR) is 97.2 cm³/mol. The smallest absolute Gasteiger partial charge is 0.0477 e. The van der Waals surface area contributed by atoms with Crippen molar-refractivity contribution >= 4 is 5.69 Å². The Hall–Kier alpha value is -1.42. The third-order valence-corrected chi connectivity index (χ3v) is 7.63. The van der Waals surface area contributed by atoms with Crippen molar-refractivity contribution in [2.24, 2.45) is 23.2 Å². The van der Waals surface area contributed by atoms with Gasteiger partial charge in [0, 0.05) is 11.3 Å². The van der Waals surface area contributed by atoms with Crippen LogP contribution >= 0.6 is 0 Å². The van der Waals surface area contributed by atoms with E-state index < -0.39 is 0 Å². The third-order valence-electron chi connectivity index (χ3n) is 7.63. The highest BCUT2D eigenvalue weighted by Crippen LogP contribution is 2.62. The zero-order valence-electron chi connectivity index (χ0n) is 14.8. The van der Waals surface area contributed by atoms with Gasteiger partial charge < -0.3 is 5.73 Å². The van der Waals surface area contributed by atoms with Gasteiger partial charge in [0.15, 0.2) is 0 Å². The summed E-state index contributed by atoms with van der Waals surface area (Å²) in [5, 5.41) is 0. The second-order valence-electron chi connectivity index (χ2n) is 8.45. The van der Waals surface area contributed by atoms with E-state index in [4.69, 9.17) is 5.73 Å². The van der Waals surface area contributed by atoms with Crippen molar-refractivity contribution in [3.8, 4) is 11.8 Å². The summed E-state index contributed by atoms with van der Waals surface area (Å²) >= 11 is 0. The molecule has 2 N–H and O–H groups in total. The van der Waals surface area contributed by atoms with Gasteiger partial charge in [-0.2, -0.15) is 0 Å². The minimum absolute atomic E-state index is 0.596. The molecule has 4 rings (SSSR count). The summed E-state index contributed by atoms with van der Waals surface area (Å²) in [6.45, 7) is 6.97. The van der Waals surface area contributed by atoms with E-state index in [-0.39, 0.29) is 0 Å². The highest BCUT2D eigenvalue weighted by atomic mass is 14.6. The predicted octanol–water partition coefficient (Wildman–Crippen LogP) is 5.13. The molecule has 0 radical (unpaired) electrons. The van der Waals surface area contributed by atoms with Crippen molar-refractivity contribution in [3.05, 3.63) is 28.8 Å². The number of nitrogens with two attached hydrogens (primary N) is 1. The quantitative estimate of drug-likeness (QED) is 0.521. The average Bonchev–Trinajstić information content (AvgIpc) is 2.84. The van der Waals surface area contributed by atoms with Crippen molar-refractivity contribution in [1.29, 1.82) is 0 Å². The van der Waals surface area contributed by atoms with Crippen LogP contribution in [0.2, 0.25) is 0 Å². The molecule has 2 fully saturated rings. The Bertz CT molecular complexity index is 692. The van der Waals surface area contributed by atoms with E-state index in [0.29, 0.717) is 5.41 Å². The first kappa shape index (κ1) is 15.1. The minimum Gasteiger partial charge on any atom is -0.398 e. The van der Waals surface area contributed by atoms with Gasteiger partial charge in [-0.15, -0.1) is 5.92 Å². The van der Waals surface area contributed by atoms with E-state index in [1.807, 2.05) is 6.92 Å². The molecule has 0 spiro atoms. The normalized spacial score (nSPS) is 38.0. The lowest BCUT2D eigenvalue weighted by atomic mass is 9.54. The maximum Gasteiger partial charge on any atom is 0.0477 e. The van der Waals surface area contributed by atoms with E-state index in [9.17, 15) is 0 Å². The average molecular weight is 307 g/mol. The van der Waals surface area contributed by atoms with Crippen LogP contribution in [-0.4, -0.2) is 0 Å². The zero-order valence-corrected chi connectivity index (χ0v) is 14.8. The monoisotopic (exact) mass is 307 g/mol. The molecule has 5 unspecified atom stereocenters. The summed E-state index contributed by atoms with van der Waals surface area (Å²) < 4.78 is 0. The molecule has 1 heteroatoms. The fourth-order valence-corrected chi connectivity index (χ4v) is 6.15. The van der Waals surface area contributed by atoms with Gasteiger partial charge in [-0.1, -0.05) is 19.8 Å². The molecule has 3 aliphatic carbocycles. The highest BCUT2D eigenvalue weighted by Gasteiger charge is 2.53. The van der Waals surface area contributed by atoms with Crippen LogP contribution in [0, 0.1) is 35.0 Å². The summed E-state index contributed by atoms with van der Waals surface area (Å²) in [5.41, 5.74) is 11.8. The molecule has 1 nitrogen and oxygen atoms in total. The van der Waals surface area contributed by atoms with E-state index in [0.717, 1.165) is 34.9 Å². The van der Waals surface area contributed by atoms with Gasteiger partial charge in [0.2, 0.25) is 0 Å². The molecule has 2 saturated carbocycles. The van der Waals surface area contributed by atoms with Crippen LogP contribution in [0.5, 0.6) is 0 Å². The number of rotatable bonds is 0. The van der Waals surface area contributed by atoms with Crippen molar-refractivity contribution in [2.75, 3.05) is 5.73 Å². The molecule has 1 aromatic carbocycles. The van der Waals surface area contributed by atoms with Crippen molar-refractivity contribution in [2.45, 2.75) is 65.2 Å². The Morgan fingerprint density at radius 1 is 1.17 bits per heavy atom. The molecule has 5 atom stereocenters. The first-order valence-corrected chi connectivity index (χ1v) is 9.39. The largest absolute Gasteiger partial charge is 0.398 e. The van der Waals surface area contributed by atoms with Crippen LogP contribution < -0.4 is 5.73 Å². The number of fused-ring (bicyclic) bond motifs is 5. The summed E-state index contributed by atoms with van der Waals surface area (Å²) in [6.07, 6.45) is 8.22. The molecule has 0 bridgehead atoms. The Morgan fingerprint density at radius 3 is 2.78 bits per heavy atom. The van der Waals surface area contributed by atoms with Crippen molar-refractivity contribution in [3.63, 3.8) is 0 Å². The Morgan fingerprint density at radius 2 is 2.00 bits per heavy atom. The van der Waals surface area contributed by atoms with E-state index in [2.05, 4.69) is 37.8 Å². The third kappa shape index (κ3) is 2.14. The maximum absolute atomic E-state index is 6.22. The molecule has 0 amide bonds. The Labute approximate surface area is 141 Å². The molecule has 23 heavy (non-hydrogen) atoms. The molecule has 3 aliphatic rings. The zero-order chi connectivity index (χ0) is 16.2.